The molecule has 0 aliphatic rings. The van der Waals surface area contributed by atoms with Crippen molar-refractivity contribution in [2.24, 2.45) is 0 Å². The van der Waals surface area contributed by atoms with Gasteiger partial charge < -0.3 is 15.7 Å². The van der Waals surface area contributed by atoms with E-state index in [4.69, 9.17) is 10.8 Å². The van der Waals surface area contributed by atoms with Gasteiger partial charge in [0.25, 0.3) is 5.91 Å². The van der Waals surface area contributed by atoms with Gasteiger partial charge in [0.1, 0.15) is 4.88 Å². The SMILES string of the molecule is CCN(CCO)C(=O)c1sc2ccc(C)cc2c1N. The Morgan fingerprint density at radius 1 is 1.47 bits per heavy atom. The number of hydrogen-bond acceptors (Lipinski definition) is 4. The van der Waals surface area contributed by atoms with Crippen molar-refractivity contribution in [3.63, 3.8) is 0 Å². The first-order valence-corrected chi connectivity index (χ1v) is 7.08. The lowest BCUT2D eigenvalue weighted by Gasteiger charge is -2.18. The Morgan fingerprint density at radius 3 is 2.84 bits per heavy atom. The number of aliphatic hydroxyl groups is 1. The van der Waals surface area contributed by atoms with Gasteiger partial charge in [0.15, 0.2) is 0 Å². The number of nitrogens with two attached hydrogens (primary N) is 1. The van der Waals surface area contributed by atoms with E-state index >= 15 is 0 Å². The van der Waals surface area contributed by atoms with E-state index in [1.54, 1.807) is 4.90 Å². The summed E-state index contributed by atoms with van der Waals surface area (Å²) in [5.74, 6) is -0.104. The predicted octanol–water partition coefficient (Wildman–Crippen LogP) is 2.25. The van der Waals surface area contributed by atoms with E-state index in [0.717, 1.165) is 15.6 Å². The highest BCUT2D eigenvalue weighted by atomic mass is 32.1. The van der Waals surface area contributed by atoms with Crippen molar-refractivity contribution in [1.29, 1.82) is 0 Å². The van der Waals surface area contributed by atoms with Gasteiger partial charge in [-0.05, 0) is 26.0 Å². The second-order valence-electron chi connectivity index (χ2n) is 4.45. The molecule has 5 heteroatoms. The van der Waals surface area contributed by atoms with Crippen LogP contribution >= 0.6 is 11.3 Å². The zero-order valence-electron chi connectivity index (χ0n) is 11.1. The quantitative estimate of drug-likeness (QED) is 0.901. The van der Waals surface area contributed by atoms with Gasteiger partial charge in [-0.15, -0.1) is 11.3 Å². The number of carbonyl (C=O) groups is 1. The molecule has 0 radical (unpaired) electrons. The summed E-state index contributed by atoms with van der Waals surface area (Å²) in [6.07, 6.45) is 0. The van der Waals surface area contributed by atoms with E-state index in [2.05, 4.69) is 0 Å². The molecule has 102 valence electrons. The number of amides is 1. The van der Waals surface area contributed by atoms with Gasteiger partial charge >= 0.3 is 0 Å². The molecule has 2 rings (SSSR count). The van der Waals surface area contributed by atoms with Crippen LogP contribution in [0.1, 0.15) is 22.2 Å². The zero-order chi connectivity index (χ0) is 14.0. The summed E-state index contributed by atoms with van der Waals surface area (Å²) in [7, 11) is 0. The number of hydrogen-bond donors (Lipinski definition) is 2. The van der Waals surface area contributed by atoms with E-state index in [1.807, 2.05) is 32.0 Å². The molecule has 3 N–H and O–H groups in total. The van der Waals surface area contributed by atoms with Crippen molar-refractivity contribution in [3.8, 4) is 0 Å². The van der Waals surface area contributed by atoms with Crippen molar-refractivity contribution in [1.82, 2.24) is 4.90 Å². The second kappa shape index (κ2) is 5.59. The molecule has 1 heterocycles. The number of aliphatic hydroxyl groups excluding tert-OH is 1. The lowest BCUT2D eigenvalue weighted by Crippen LogP contribution is -2.33. The van der Waals surface area contributed by atoms with Crippen LogP contribution in [-0.4, -0.2) is 35.6 Å². The standard InChI is InChI=1S/C14H18N2O2S/c1-3-16(6-7-17)14(18)13-12(15)10-8-9(2)4-5-11(10)19-13/h4-5,8,17H,3,6-7,15H2,1-2H3. The molecular weight excluding hydrogens is 260 g/mol. The van der Waals surface area contributed by atoms with Crippen LogP contribution in [0, 0.1) is 6.92 Å². The molecule has 0 aliphatic heterocycles. The Balaban J connectivity index is 2.45. The van der Waals surface area contributed by atoms with E-state index < -0.39 is 0 Å². The van der Waals surface area contributed by atoms with Gasteiger partial charge in [0.05, 0.1) is 12.3 Å². The number of likely N-dealkylation sites (N-methyl/N-ethyl adjacent to an activating group) is 1. The maximum Gasteiger partial charge on any atom is 0.266 e. The minimum atomic E-state index is -0.104. The maximum atomic E-state index is 12.4. The van der Waals surface area contributed by atoms with Crippen molar-refractivity contribution in [3.05, 3.63) is 28.6 Å². The first kappa shape index (κ1) is 13.8. The average Bonchev–Trinajstić information content (AvgIpc) is 2.72. The number of fused-ring (bicyclic) bond motifs is 1. The molecule has 2 aromatic rings. The molecule has 0 saturated carbocycles. The summed E-state index contributed by atoms with van der Waals surface area (Å²) < 4.78 is 1.02. The Kier molecular flexibility index (Phi) is 4.07. The lowest BCUT2D eigenvalue weighted by molar-refractivity contribution is 0.0738. The fourth-order valence-electron chi connectivity index (χ4n) is 2.06. The van der Waals surface area contributed by atoms with Crippen LogP contribution < -0.4 is 5.73 Å². The minimum Gasteiger partial charge on any atom is -0.397 e. The van der Waals surface area contributed by atoms with Gasteiger partial charge in [-0.3, -0.25) is 4.79 Å². The Labute approximate surface area is 116 Å². The van der Waals surface area contributed by atoms with Crippen molar-refractivity contribution < 1.29 is 9.90 Å². The van der Waals surface area contributed by atoms with Gasteiger partial charge in [0, 0.05) is 23.2 Å². The number of nitrogen functional groups attached to an aromatic ring is 1. The second-order valence-corrected chi connectivity index (χ2v) is 5.51. The van der Waals surface area contributed by atoms with Crippen molar-refractivity contribution in [2.75, 3.05) is 25.4 Å². The number of benzene rings is 1. The third-order valence-corrected chi connectivity index (χ3v) is 4.29. The van der Waals surface area contributed by atoms with Gasteiger partial charge in [-0.1, -0.05) is 11.6 Å². The van der Waals surface area contributed by atoms with Crippen LogP contribution in [-0.2, 0) is 0 Å². The van der Waals surface area contributed by atoms with Crippen molar-refractivity contribution in [2.45, 2.75) is 13.8 Å². The summed E-state index contributed by atoms with van der Waals surface area (Å²) in [5, 5.41) is 9.93. The van der Waals surface area contributed by atoms with Gasteiger partial charge in [-0.25, -0.2) is 0 Å². The summed E-state index contributed by atoms with van der Waals surface area (Å²) in [5.41, 5.74) is 7.77. The molecule has 4 nitrogen and oxygen atoms in total. The van der Waals surface area contributed by atoms with E-state index in [0.29, 0.717) is 23.7 Å². The van der Waals surface area contributed by atoms with Crippen LogP contribution in [0.25, 0.3) is 10.1 Å². The van der Waals surface area contributed by atoms with Crippen LogP contribution in [0.15, 0.2) is 18.2 Å². The molecule has 0 bridgehead atoms. The maximum absolute atomic E-state index is 12.4. The first-order valence-electron chi connectivity index (χ1n) is 6.27. The number of thiophene rings is 1. The highest BCUT2D eigenvalue weighted by Gasteiger charge is 2.20. The highest BCUT2D eigenvalue weighted by molar-refractivity contribution is 7.21. The highest BCUT2D eigenvalue weighted by Crippen LogP contribution is 2.34. The summed E-state index contributed by atoms with van der Waals surface area (Å²) >= 11 is 1.41. The number of aryl methyl sites for hydroxylation is 1. The summed E-state index contributed by atoms with van der Waals surface area (Å²) in [6.45, 7) is 4.75. The largest absolute Gasteiger partial charge is 0.397 e. The van der Waals surface area contributed by atoms with E-state index in [-0.39, 0.29) is 12.5 Å². The first-order chi connectivity index (χ1) is 9.08. The third-order valence-electron chi connectivity index (χ3n) is 3.11. The topological polar surface area (TPSA) is 66.6 Å². The van der Waals surface area contributed by atoms with Gasteiger partial charge in [-0.2, -0.15) is 0 Å². The molecule has 19 heavy (non-hydrogen) atoms. The smallest absolute Gasteiger partial charge is 0.266 e. The molecule has 1 amide bonds. The van der Waals surface area contributed by atoms with Crippen LogP contribution in [0.5, 0.6) is 0 Å². The van der Waals surface area contributed by atoms with E-state index in [1.165, 1.54) is 11.3 Å². The number of carbonyl (C=O) groups excluding carboxylic acids is 1. The Hall–Kier alpha value is -1.59. The van der Waals surface area contributed by atoms with Crippen LogP contribution in [0.4, 0.5) is 5.69 Å². The lowest BCUT2D eigenvalue weighted by atomic mass is 10.1. The zero-order valence-corrected chi connectivity index (χ0v) is 12.0. The third kappa shape index (κ3) is 2.57. The fourth-order valence-corrected chi connectivity index (χ4v) is 3.13. The normalized spacial score (nSPS) is 10.9. The Bertz CT molecular complexity index is 607. The summed E-state index contributed by atoms with van der Waals surface area (Å²) in [4.78, 5) is 14.6. The van der Waals surface area contributed by atoms with E-state index in [9.17, 15) is 4.79 Å². The molecule has 0 spiro atoms. The predicted molar refractivity (Wildman–Crippen MR) is 79.6 cm³/mol. The number of anilines is 1. The molecule has 0 fully saturated rings. The molecule has 1 aromatic carbocycles. The molecule has 0 atom stereocenters. The average molecular weight is 278 g/mol. The minimum absolute atomic E-state index is 0.0382. The van der Waals surface area contributed by atoms with Crippen molar-refractivity contribution >= 4 is 33.0 Å². The molecule has 0 unspecified atom stereocenters. The molecule has 1 aromatic heterocycles. The number of rotatable bonds is 4. The van der Waals surface area contributed by atoms with Crippen LogP contribution in [0.2, 0.25) is 0 Å². The molecule has 0 aliphatic carbocycles. The number of nitrogens with zero attached hydrogens (tertiary/aromatic N) is 1. The fraction of sp³-hybridized carbons (Fsp3) is 0.357. The Morgan fingerprint density at radius 2 is 2.21 bits per heavy atom. The molecular formula is C14H18N2O2S. The molecule has 0 saturated heterocycles. The summed E-state index contributed by atoms with van der Waals surface area (Å²) in [6, 6.07) is 6.00. The van der Waals surface area contributed by atoms with Gasteiger partial charge in [0.2, 0.25) is 0 Å². The monoisotopic (exact) mass is 278 g/mol. The van der Waals surface area contributed by atoms with Crippen LogP contribution in [0.3, 0.4) is 0 Å².